The van der Waals surface area contributed by atoms with Crippen LogP contribution in [0.15, 0.2) is 59.1 Å². The molecule has 1 unspecified atom stereocenters. The topological polar surface area (TPSA) is 64.4 Å². The van der Waals surface area contributed by atoms with Gasteiger partial charge >= 0.3 is 0 Å². The number of hydrogen-bond donors (Lipinski definition) is 1. The Morgan fingerprint density at radius 3 is 2.73 bits per heavy atom. The number of oxazole rings is 1. The summed E-state index contributed by atoms with van der Waals surface area (Å²) in [6.07, 6.45) is 2.70. The predicted octanol–water partition coefficient (Wildman–Crippen LogP) is 4.41. The predicted molar refractivity (Wildman–Crippen MR) is 99.2 cm³/mol. The maximum Gasteiger partial charge on any atom is 0.255 e. The second-order valence-electron chi connectivity index (χ2n) is 6.46. The molecule has 0 saturated carbocycles. The zero-order valence-electron chi connectivity index (χ0n) is 14.6. The Kier molecular flexibility index (Phi) is 4.54. The average Bonchev–Trinajstić information content (AvgIpc) is 3.34. The molecular weight excluding hydrogens is 328 g/mol. The van der Waals surface area contributed by atoms with Crippen molar-refractivity contribution in [2.45, 2.75) is 19.3 Å². The van der Waals surface area contributed by atoms with Crippen LogP contribution in [0.25, 0.3) is 11.3 Å². The standard InChI is InChI=1S/C21H20N2O3/c1-14-22-12-20(26-14)15-5-7-19(8-6-15)23-21(24)17-4-2-3-16(11-17)18-9-10-25-13-18/h2-8,11-12,18H,9-10,13H2,1H3,(H,23,24). The largest absolute Gasteiger partial charge is 0.441 e. The summed E-state index contributed by atoms with van der Waals surface area (Å²) in [5.41, 5.74) is 3.48. The molecule has 26 heavy (non-hydrogen) atoms. The molecule has 2 aromatic carbocycles. The molecule has 1 atom stereocenters. The molecule has 132 valence electrons. The summed E-state index contributed by atoms with van der Waals surface area (Å²) in [4.78, 5) is 16.7. The maximum atomic E-state index is 12.6. The molecule has 4 rings (SSSR count). The van der Waals surface area contributed by atoms with Crippen molar-refractivity contribution in [2.75, 3.05) is 18.5 Å². The number of carbonyl (C=O) groups is 1. The summed E-state index contributed by atoms with van der Waals surface area (Å²) < 4.78 is 11.0. The fraction of sp³-hybridized carbons (Fsp3) is 0.238. The van der Waals surface area contributed by atoms with Crippen molar-refractivity contribution < 1.29 is 13.9 Å². The van der Waals surface area contributed by atoms with Crippen molar-refractivity contribution >= 4 is 11.6 Å². The number of rotatable bonds is 4. The van der Waals surface area contributed by atoms with Gasteiger partial charge in [0.25, 0.3) is 5.91 Å². The van der Waals surface area contributed by atoms with Gasteiger partial charge in [0.1, 0.15) is 0 Å². The second kappa shape index (κ2) is 7.14. The number of aromatic nitrogens is 1. The Morgan fingerprint density at radius 1 is 1.19 bits per heavy atom. The quantitative estimate of drug-likeness (QED) is 0.759. The van der Waals surface area contributed by atoms with Gasteiger partial charge in [0.2, 0.25) is 0 Å². The van der Waals surface area contributed by atoms with Crippen molar-refractivity contribution in [3.8, 4) is 11.3 Å². The lowest BCUT2D eigenvalue weighted by atomic mass is 9.96. The van der Waals surface area contributed by atoms with Gasteiger partial charge in [0.05, 0.1) is 12.8 Å². The molecule has 5 heteroatoms. The van der Waals surface area contributed by atoms with Crippen LogP contribution in [0.1, 0.15) is 34.2 Å². The summed E-state index contributed by atoms with van der Waals surface area (Å²) in [6.45, 7) is 3.33. The third-order valence-corrected chi connectivity index (χ3v) is 4.60. The van der Waals surface area contributed by atoms with Crippen LogP contribution in [0.3, 0.4) is 0 Å². The highest BCUT2D eigenvalue weighted by atomic mass is 16.5. The van der Waals surface area contributed by atoms with Gasteiger partial charge in [-0.3, -0.25) is 4.79 Å². The van der Waals surface area contributed by atoms with Crippen LogP contribution in [-0.4, -0.2) is 24.1 Å². The molecule has 5 nitrogen and oxygen atoms in total. The van der Waals surface area contributed by atoms with Crippen molar-refractivity contribution in [1.82, 2.24) is 4.98 Å². The van der Waals surface area contributed by atoms with E-state index in [9.17, 15) is 4.79 Å². The van der Waals surface area contributed by atoms with Crippen LogP contribution in [0.5, 0.6) is 0 Å². The zero-order valence-corrected chi connectivity index (χ0v) is 14.6. The Bertz CT molecular complexity index is 909. The van der Waals surface area contributed by atoms with Crippen LogP contribution < -0.4 is 5.32 Å². The van der Waals surface area contributed by atoms with Gasteiger partial charge in [-0.25, -0.2) is 4.98 Å². The van der Waals surface area contributed by atoms with Crippen LogP contribution >= 0.6 is 0 Å². The molecule has 1 fully saturated rings. The molecule has 3 aromatic rings. The average molecular weight is 348 g/mol. The van der Waals surface area contributed by atoms with E-state index >= 15 is 0 Å². The first kappa shape index (κ1) is 16.5. The highest BCUT2D eigenvalue weighted by Crippen LogP contribution is 2.26. The third-order valence-electron chi connectivity index (χ3n) is 4.60. The molecule has 1 aliphatic heterocycles. The Morgan fingerprint density at radius 2 is 2.04 bits per heavy atom. The summed E-state index contributed by atoms with van der Waals surface area (Å²) >= 11 is 0. The lowest BCUT2D eigenvalue weighted by Crippen LogP contribution is -2.12. The number of benzene rings is 2. The normalized spacial score (nSPS) is 16.6. The van der Waals surface area contributed by atoms with E-state index in [1.54, 1.807) is 6.20 Å². The molecule has 1 saturated heterocycles. The molecule has 0 radical (unpaired) electrons. The molecule has 0 aliphatic carbocycles. The molecule has 2 heterocycles. The lowest BCUT2D eigenvalue weighted by Gasteiger charge is -2.10. The number of nitrogens with one attached hydrogen (secondary N) is 1. The van der Waals surface area contributed by atoms with Gasteiger partial charge in [0.15, 0.2) is 11.7 Å². The first-order valence-corrected chi connectivity index (χ1v) is 8.71. The van der Waals surface area contributed by atoms with Gasteiger partial charge < -0.3 is 14.5 Å². The van der Waals surface area contributed by atoms with E-state index in [0.29, 0.717) is 23.1 Å². The van der Waals surface area contributed by atoms with E-state index < -0.39 is 0 Å². The van der Waals surface area contributed by atoms with Crippen molar-refractivity contribution in [2.24, 2.45) is 0 Å². The van der Waals surface area contributed by atoms with Crippen LogP contribution in [0, 0.1) is 6.92 Å². The van der Waals surface area contributed by atoms with E-state index in [2.05, 4.69) is 16.4 Å². The van der Waals surface area contributed by atoms with E-state index in [-0.39, 0.29) is 5.91 Å². The zero-order chi connectivity index (χ0) is 17.9. The smallest absolute Gasteiger partial charge is 0.255 e. The number of ether oxygens (including phenoxy) is 1. The van der Waals surface area contributed by atoms with Gasteiger partial charge in [0, 0.05) is 36.3 Å². The van der Waals surface area contributed by atoms with Crippen LogP contribution in [0.4, 0.5) is 5.69 Å². The Balaban J connectivity index is 1.47. The van der Waals surface area contributed by atoms with Crippen LogP contribution in [-0.2, 0) is 4.74 Å². The molecule has 0 bridgehead atoms. The minimum absolute atomic E-state index is 0.117. The Hall–Kier alpha value is -2.92. The third kappa shape index (κ3) is 3.53. The summed E-state index contributed by atoms with van der Waals surface area (Å²) in [6, 6.07) is 15.3. The van der Waals surface area contributed by atoms with E-state index in [0.717, 1.165) is 36.4 Å². The summed E-state index contributed by atoms with van der Waals surface area (Å²) in [5, 5.41) is 2.94. The Labute approximate surface area is 152 Å². The van der Waals surface area contributed by atoms with Gasteiger partial charge in [-0.1, -0.05) is 12.1 Å². The maximum absolute atomic E-state index is 12.6. The SMILES string of the molecule is Cc1ncc(-c2ccc(NC(=O)c3cccc(C4CCOC4)c3)cc2)o1. The number of carbonyl (C=O) groups excluding carboxylic acids is 1. The van der Waals surface area contributed by atoms with Gasteiger partial charge in [-0.15, -0.1) is 0 Å². The van der Waals surface area contributed by atoms with Crippen molar-refractivity contribution in [3.05, 3.63) is 71.7 Å². The monoisotopic (exact) mass is 348 g/mol. The fourth-order valence-corrected chi connectivity index (χ4v) is 3.15. The number of amides is 1. The van der Waals surface area contributed by atoms with Gasteiger partial charge in [-0.05, 0) is 48.4 Å². The minimum Gasteiger partial charge on any atom is -0.441 e. The highest BCUT2D eigenvalue weighted by molar-refractivity contribution is 6.04. The summed E-state index contributed by atoms with van der Waals surface area (Å²) in [5.74, 6) is 1.61. The molecular formula is C21H20N2O3. The molecule has 1 N–H and O–H groups in total. The second-order valence-corrected chi connectivity index (χ2v) is 6.46. The number of anilines is 1. The fourth-order valence-electron chi connectivity index (χ4n) is 3.15. The number of hydrogen-bond acceptors (Lipinski definition) is 4. The molecule has 0 spiro atoms. The highest BCUT2D eigenvalue weighted by Gasteiger charge is 2.18. The first-order valence-electron chi connectivity index (χ1n) is 8.71. The first-order chi connectivity index (χ1) is 12.7. The molecule has 1 amide bonds. The van der Waals surface area contributed by atoms with E-state index in [1.807, 2.05) is 49.4 Å². The van der Waals surface area contributed by atoms with Crippen molar-refractivity contribution in [1.29, 1.82) is 0 Å². The van der Waals surface area contributed by atoms with E-state index in [4.69, 9.17) is 9.15 Å². The minimum atomic E-state index is -0.117. The molecule has 1 aromatic heterocycles. The number of aryl methyl sites for hydroxylation is 1. The van der Waals surface area contributed by atoms with Gasteiger partial charge in [-0.2, -0.15) is 0 Å². The summed E-state index contributed by atoms with van der Waals surface area (Å²) in [7, 11) is 0. The lowest BCUT2D eigenvalue weighted by molar-refractivity contribution is 0.102. The molecule has 1 aliphatic rings. The van der Waals surface area contributed by atoms with Crippen molar-refractivity contribution in [3.63, 3.8) is 0 Å². The van der Waals surface area contributed by atoms with Crippen LogP contribution in [0.2, 0.25) is 0 Å². The number of nitrogens with zero attached hydrogens (tertiary/aromatic N) is 1. The van der Waals surface area contributed by atoms with E-state index in [1.165, 1.54) is 0 Å².